The molecule has 2 N–H and O–H groups in total. The van der Waals surface area contributed by atoms with E-state index < -0.39 is 0 Å². The van der Waals surface area contributed by atoms with Gasteiger partial charge in [-0.2, -0.15) is 0 Å². The maximum absolute atomic E-state index is 13.0. The molecule has 3 nitrogen and oxygen atoms in total. The SMILES string of the molecule is O=C(NCC1CNC1)c1ccc(F)c(Br)c1. The van der Waals surface area contributed by atoms with E-state index >= 15 is 0 Å². The molecule has 0 aliphatic carbocycles. The minimum atomic E-state index is -0.361. The lowest BCUT2D eigenvalue weighted by molar-refractivity contribution is 0.0942. The number of halogens is 2. The van der Waals surface area contributed by atoms with Crippen molar-refractivity contribution in [1.82, 2.24) is 10.6 Å². The van der Waals surface area contributed by atoms with Crippen molar-refractivity contribution >= 4 is 21.8 Å². The zero-order valence-electron chi connectivity index (χ0n) is 8.59. The summed E-state index contributed by atoms with van der Waals surface area (Å²) in [4.78, 5) is 11.7. The highest BCUT2D eigenvalue weighted by molar-refractivity contribution is 9.10. The van der Waals surface area contributed by atoms with Crippen LogP contribution >= 0.6 is 15.9 Å². The highest BCUT2D eigenvalue weighted by Gasteiger charge is 2.17. The normalized spacial score (nSPS) is 15.6. The Labute approximate surface area is 102 Å². The number of amides is 1. The van der Waals surface area contributed by atoms with Crippen LogP contribution in [0, 0.1) is 11.7 Å². The lowest BCUT2D eigenvalue weighted by Crippen LogP contribution is -2.48. The predicted octanol–water partition coefficient (Wildman–Crippen LogP) is 1.54. The molecule has 1 heterocycles. The summed E-state index contributed by atoms with van der Waals surface area (Å²) in [7, 11) is 0. The van der Waals surface area contributed by atoms with Gasteiger partial charge in [0.25, 0.3) is 5.91 Å². The average molecular weight is 287 g/mol. The molecule has 1 aromatic rings. The van der Waals surface area contributed by atoms with E-state index in [1.807, 2.05) is 0 Å². The molecule has 16 heavy (non-hydrogen) atoms. The largest absolute Gasteiger partial charge is 0.352 e. The maximum Gasteiger partial charge on any atom is 0.251 e. The standard InChI is InChI=1S/C11H12BrFN2O/c12-9-3-8(1-2-10(9)13)11(16)15-6-7-4-14-5-7/h1-3,7,14H,4-6H2,(H,15,16). The number of carbonyl (C=O) groups is 1. The molecular weight excluding hydrogens is 275 g/mol. The van der Waals surface area contributed by atoms with Crippen LogP contribution < -0.4 is 10.6 Å². The van der Waals surface area contributed by atoms with E-state index in [2.05, 4.69) is 26.6 Å². The Hall–Kier alpha value is -0.940. The predicted molar refractivity (Wildman–Crippen MR) is 62.8 cm³/mol. The zero-order valence-corrected chi connectivity index (χ0v) is 10.2. The number of rotatable bonds is 3. The van der Waals surface area contributed by atoms with Gasteiger partial charge in [-0.25, -0.2) is 4.39 Å². The Kier molecular flexibility index (Phi) is 3.56. The fourth-order valence-corrected chi connectivity index (χ4v) is 1.85. The number of hydrogen-bond acceptors (Lipinski definition) is 2. The van der Waals surface area contributed by atoms with Gasteiger partial charge in [0.2, 0.25) is 0 Å². The van der Waals surface area contributed by atoms with Gasteiger partial charge in [0, 0.05) is 31.1 Å². The van der Waals surface area contributed by atoms with Crippen LogP contribution in [-0.2, 0) is 0 Å². The van der Waals surface area contributed by atoms with E-state index in [4.69, 9.17) is 0 Å². The summed E-state index contributed by atoms with van der Waals surface area (Å²) < 4.78 is 13.3. The third-order valence-electron chi connectivity index (χ3n) is 2.60. The van der Waals surface area contributed by atoms with Crippen LogP contribution in [0.4, 0.5) is 4.39 Å². The van der Waals surface area contributed by atoms with Crippen molar-refractivity contribution in [3.63, 3.8) is 0 Å². The molecular formula is C11H12BrFN2O. The van der Waals surface area contributed by atoms with Crippen LogP contribution in [0.15, 0.2) is 22.7 Å². The molecule has 0 unspecified atom stereocenters. The molecule has 1 aliphatic heterocycles. The molecule has 0 bridgehead atoms. The van der Waals surface area contributed by atoms with E-state index in [0.29, 0.717) is 22.5 Å². The van der Waals surface area contributed by atoms with Crippen LogP contribution in [-0.4, -0.2) is 25.5 Å². The Morgan fingerprint density at radius 1 is 1.56 bits per heavy atom. The van der Waals surface area contributed by atoms with Gasteiger partial charge in [0.15, 0.2) is 0 Å². The molecule has 0 radical (unpaired) electrons. The third kappa shape index (κ3) is 2.59. The topological polar surface area (TPSA) is 41.1 Å². The van der Waals surface area contributed by atoms with Crippen LogP contribution in [0.25, 0.3) is 0 Å². The minimum Gasteiger partial charge on any atom is -0.352 e. The van der Waals surface area contributed by atoms with Crippen LogP contribution in [0.5, 0.6) is 0 Å². The summed E-state index contributed by atoms with van der Waals surface area (Å²) in [6.07, 6.45) is 0. The molecule has 2 rings (SSSR count). The van der Waals surface area contributed by atoms with Crippen molar-refractivity contribution in [2.75, 3.05) is 19.6 Å². The van der Waals surface area contributed by atoms with Gasteiger partial charge >= 0.3 is 0 Å². The second-order valence-corrected chi connectivity index (χ2v) is 4.72. The van der Waals surface area contributed by atoms with Crippen LogP contribution in [0.1, 0.15) is 10.4 Å². The van der Waals surface area contributed by atoms with Gasteiger partial charge in [0.1, 0.15) is 5.82 Å². The zero-order chi connectivity index (χ0) is 11.5. The summed E-state index contributed by atoms with van der Waals surface area (Å²) in [5.74, 6) is 0.000168. The highest BCUT2D eigenvalue weighted by atomic mass is 79.9. The van der Waals surface area contributed by atoms with Crippen LogP contribution in [0.2, 0.25) is 0 Å². The summed E-state index contributed by atoms with van der Waals surface area (Å²) in [5, 5.41) is 5.96. The van der Waals surface area contributed by atoms with E-state index in [1.54, 1.807) is 0 Å². The summed E-state index contributed by atoms with van der Waals surface area (Å²) in [6.45, 7) is 2.57. The molecule has 86 valence electrons. The molecule has 1 amide bonds. The van der Waals surface area contributed by atoms with Gasteiger partial charge in [-0.3, -0.25) is 4.79 Å². The Balaban J connectivity index is 1.94. The first-order chi connectivity index (χ1) is 7.66. The maximum atomic E-state index is 13.0. The third-order valence-corrected chi connectivity index (χ3v) is 3.21. The first-order valence-electron chi connectivity index (χ1n) is 5.11. The van der Waals surface area contributed by atoms with Crippen molar-refractivity contribution in [3.8, 4) is 0 Å². The van der Waals surface area contributed by atoms with E-state index in [0.717, 1.165) is 13.1 Å². The molecule has 1 aromatic carbocycles. The van der Waals surface area contributed by atoms with Crippen molar-refractivity contribution in [2.45, 2.75) is 0 Å². The van der Waals surface area contributed by atoms with Gasteiger partial charge in [-0.05, 0) is 34.1 Å². The molecule has 0 aromatic heterocycles. The second kappa shape index (κ2) is 4.93. The molecule has 1 fully saturated rings. The second-order valence-electron chi connectivity index (χ2n) is 3.86. The number of nitrogens with one attached hydrogen (secondary N) is 2. The Morgan fingerprint density at radius 2 is 2.31 bits per heavy atom. The smallest absolute Gasteiger partial charge is 0.251 e. The first-order valence-corrected chi connectivity index (χ1v) is 5.90. The monoisotopic (exact) mass is 286 g/mol. The summed E-state index contributed by atoms with van der Waals surface area (Å²) in [6, 6.07) is 4.25. The van der Waals surface area contributed by atoms with E-state index in [-0.39, 0.29) is 11.7 Å². The Morgan fingerprint density at radius 3 is 2.88 bits per heavy atom. The van der Waals surface area contributed by atoms with Gasteiger partial charge in [-0.15, -0.1) is 0 Å². The van der Waals surface area contributed by atoms with Crippen molar-refractivity contribution in [2.24, 2.45) is 5.92 Å². The van der Waals surface area contributed by atoms with Crippen molar-refractivity contribution in [3.05, 3.63) is 34.1 Å². The van der Waals surface area contributed by atoms with Gasteiger partial charge in [0.05, 0.1) is 4.47 Å². The molecule has 0 saturated carbocycles. The highest BCUT2D eigenvalue weighted by Crippen LogP contribution is 2.16. The quantitative estimate of drug-likeness (QED) is 0.885. The number of carbonyl (C=O) groups excluding carboxylic acids is 1. The van der Waals surface area contributed by atoms with Crippen LogP contribution in [0.3, 0.4) is 0 Å². The van der Waals surface area contributed by atoms with E-state index in [1.165, 1.54) is 18.2 Å². The molecule has 1 aliphatic rings. The summed E-state index contributed by atoms with van der Waals surface area (Å²) >= 11 is 3.05. The van der Waals surface area contributed by atoms with Crippen molar-refractivity contribution < 1.29 is 9.18 Å². The molecule has 1 saturated heterocycles. The minimum absolute atomic E-state index is 0.160. The fraction of sp³-hybridized carbons (Fsp3) is 0.364. The average Bonchev–Trinajstić information content (AvgIpc) is 2.19. The Bertz CT molecular complexity index is 407. The number of benzene rings is 1. The fourth-order valence-electron chi connectivity index (χ4n) is 1.47. The van der Waals surface area contributed by atoms with Crippen molar-refractivity contribution in [1.29, 1.82) is 0 Å². The van der Waals surface area contributed by atoms with Gasteiger partial charge in [-0.1, -0.05) is 0 Å². The lowest BCUT2D eigenvalue weighted by atomic mass is 10.0. The molecule has 5 heteroatoms. The summed E-state index contributed by atoms with van der Waals surface area (Å²) in [5.41, 5.74) is 0.473. The molecule has 0 atom stereocenters. The van der Waals surface area contributed by atoms with E-state index in [9.17, 15) is 9.18 Å². The number of hydrogen-bond donors (Lipinski definition) is 2. The first kappa shape index (κ1) is 11.5. The lowest BCUT2D eigenvalue weighted by Gasteiger charge is -2.27. The molecule has 0 spiro atoms. The van der Waals surface area contributed by atoms with Gasteiger partial charge < -0.3 is 10.6 Å².